The first-order valence-corrected chi connectivity index (χ1v) is 7.69. The topological polar surface area (TPSA) is 63.4 Å². The first-order chi connectivity index (χ1) is 8.34. The molecular formula is C12H17ClN2O2S. The second kappa shape index (κ2) is 4.72. The van der Waals surface area contributed by atoms with Crippen molar-refractivity contribution in [2.75, 3.05) is 12.8 Å². The molecule has 100 valence electrons. The Labute approximate surface area is 113 Å². The van der Waals surface area contributed by atoms with Crippen LogP contribution >= 0.6 is 11.6 Å². The lowest BCUT2D eigenvalue weighted by Gasteiger charge is -2.34. The Morgan fingerprint density at radius 1 is 1.39 bits per heavy atom. The first kappa shape index (κ1) is 13.6. The number of halogens is 1. The molecule has 0 amide bonds. The predicted molar refractivity (Wildman–Crippen MR) is 73.2 cm³/mol. The summed E-state index contributed by atoms with van der Waals surface area (Å²) in [5, 5.41) is 0.346. The smallest absolute Gasteiger partial charge is 0.243 e. The van der Waals surface area contributed by atoms with E-state index < -0.39 is 10.0 Å². The van der Waals surface area contributed by atoms with Crippen LogP contribution in [0, 0.1) is 6.92 Å². The highest BCUT2D eigenvalue weighted by Crippen LogP contribution is 2.32. The molecule has 0 radical (unpaired) electrons. The van der Waals surface area contributed by atoms with Crippen LogP contribution in [-0.2, 0) is 10.0 Å². The minimum absolute atomic E-state index is 0.106. The molecule has 4 nitrogen and oxygen atoms in total. The van der Waals surface area contributed by atoms with E-state index in [9.17, 15) is 8.42 Å². The fraction of sp³-hybridized carbons (Fsp3) is 0.500. The number of anilines is 1. The van der Waals surface area contributed by atoms with Gasteiger partial charge in [-0.1, -0.05) is 18.0 Å². The third-order valence-electron chi connectivity index (χ3n) is 3.61. The van der Waals surface area contributed by atoms with Crippen molar-refractivity contribution in [2.24, 2.45) is 0 Å². The molecule has 6 heteroatoms. The minimum atomic E-state index is -3.51. The third kappa shape index (κ3) is 2.22. The Kier molecular flexibility index (Phi) is 3.58. The Morgan fingerprint density at radius 2 is 2.00 bits per heavy atom. The highest BCUT2D eigenvalue weighted by Gasteiger charge is 2.33. The van der Waals surface area contributed by atoms with Crippen LogP contribution in [-0.4, -0.2) is 25.8 Å². The van der Waals surface area contributed by atoms with Gasteiger partial charge >= 0.3 is 0 Å². The lowest BCUT2D eigenvalue weighted by molar-refractivity contribution is 0.249. The third-order valence-corrected chi connectivity index (χ3v) is 5.87. The van der Waals surface area contributed by atoms with E-state index in [0.29, 0.717) is 16.3 Å². The van der Waals surface area contributed by atoms with Crippen LogP contribution in [0.25, 0.3) is 0 Å². The van der Waals surface area contributed by atoms with E-state index >= 15 is 0 Å². The van der Waals surface area contributed by atoms with E-state index in [2.05, 4.69) is 0 Å². The molecule has 0 unspecified atom stereocenters. The number of sulfonamides is 1. The molecule has 0 spiro atoms. The van der Waals surface area contributed by atoms with Crippen molar-refractivity contribution in [3.05, 3.63) is 22.7 Å². The summed E-state index contributed by atoms with van der Waals surface area (Å²) in [7, 11) is -1.89. The van der Waals surface area contributed by atoms with Crippen LogP contribution in [0.5, 0.6) is 0 Å². The molecule has 0 aliphatic heterocycles. The van der Waals surface area contributed by atoms with Gasteiger partial charge in [-0.15, -0.1) is 0 Å². The summed E-state index contributed by atoms with van der Waals surface area (Å²) >= 11 is 5.90. The quantitative estimate of drug-likeness (QED) is 0.869. The zero-order valence-corrected chi connectivity index (χ0v) is 12.1. The number of hydrogen-bond acceptors (Lipinski definition) is 3. The number of nitrogens with two attached hydrogens (primary N) is 1. The molecule has 1 aromatic carbocycles. The van der Waals surface area contributed by atoms with E-state index in [0.717, 1.165) is 19.3 Å². The van der Waals surface area contributed by atoms with Crippen LogP contribution in [0.1, 0.15) is 24.8 Å². The summed E-state index contributed by atoms with van der Waals surface area (Å²) in [5.41, 5.74) is 6.74. The van der Waals surface area contributed by atoms with Crippen molar-refractivity contribution in [1.29, 1.82) is 0 Å². The van der Waals surface area contributed by atoms with Gasteiger partial charge in [0.2, 0.25) is 10.0 Å². The molecule has 2 N–H and O–H groups in total. The van der Waals surface area contributed by atoms with E-state index in [1.165, 1.54) is 10.4 Å². The highest BCUT2D eigenvalue weighted by atomic mass is 35.5. The zero-order chi connectivity index (χ0) is 13.5. The molecule has 1 aliphatic carbocycles. The predicted octanol–water partition coefficient (Wildman–Crippen LogP) is 2.40. The molecule has 0 heterocycles. The zero-order valence-electron chi connectivity index (χ0n) is 10.5. The second-order valence-electron chi connectivity index (χ2n) is 4.72. The van der Waals surface area contributed by atoms with Crippen molar-refractivity contribution in [3.63, 3.8) is 0 Å². The van der Waals surface area contributed by atoms with Gasteiger partial charge in [-0.2, -0.15) is 4.31 Å². The normalized spacial score (nSPS) is 16.9. The average Bonchev–Trinajstić information content (AvgIpc) is 2.20. The van der Waals surface area contributed by atoms with Crippen LogP contribution < -0.4 is 5.73 Å². The summed E-state index contributed by atoms with van der Waals surface area (Å²) in [6, 6.07) is 3.14. The summed E-state index contributed by atoms with van der Waals surface area (Å²) in [6.07, 6.45) is 2.93. The van der Waals surface area contributed by atoms with Gasteiger partial charge < -0.3 is 5.73 Å². The van der Waals surface area contributed by atoms with Crippen LogP contribution in [0.4, 0.5) is 5.69 Å². The summed E-state index contributed by atoms with van der Waals surface area (Å²) in [4.78, 5) is 0.210. The molecular weight excluding hydrogens is 272 g/mol. The molecule has 0 saturated heterocycles. The Bertz CT molecular complexity index is 568. The van der Waals surface area contributed by atoms with Crippen LogP contribution in [0.15, 0.2) is 17.0 Å². The summed E-state index contributed by atoms with van der Waals surface area (Å²) < 4.78 is 26.4. The van der Waals surface area contributed by atoms with Crippen molar-refractivity contribution in [3.8, 4) is 0 Å². The van der Waals surface area contributed by atoms with Crippen LogP contribution in [0.3, 0.4) is 0 Å². The Balaban J connectivity index is 2.46. The molecule has 0 bridgehead atoms. The fourth-order valence-electron chi connectivity index (χ4n) is 2.04. The van der Waals surface area contributed by atoms with Crippen molar-refractivity contribution in [1.82, 2.24) is 4.31 Å². The van der Waals surface area contributed by atoms with Gasteiger partial charge in [-0.3, -0.25) is 0 Å². The SMILES string of the molecule is Cc1c(N)cc(Cl)cc1S(=O)(=O)N(C)C1CCC1. The minimum Gasteiger partial charge on any atom is -0.398 e. The van der Waals surface area contributed by atoms with Crippen LogP contribution in [0.2, 0.25) is 5.02 Å². The maximum atomic E-state index is 12.5. The maximum Gasteiger partial charge on any atom is 0.243 e. The molecule has 1 aliphatic rings. The van der Waals surface area contributed by atoms with E-state index in [1.807, 2.05) is 0 Å². The van der Waals surface area contributed by atoms with Crippen molar-refractivity contribution < 1.29 is 8.42 Å². The van der Waals surface area contributed by atoms with Gasteiger partial charge in [0.1, 0.15) is 0 Å². The Hall–Kier alpha value is -0.780. The molecule has 0 atom stereocenters. The molecule has 1 fully saturated rings. The summed E-state index contributed by atoms with van der Waals surface area (Å²) in [5.74, 6) is 0. The monoisotopic (exact) mass is 288 g/mol. The second-order valence-corrected chi connectivity index (χ2v) is 7.13. The maximum absolute atomic E-state index is 12.5. The van der Waals surface area contributed by atoms with Gasteiger partial charge in [0.05, 0.1) is 4.90 Å². The largest absolute Gasteiger partial charge is 0.398 e. The molecule has 1 saturated carbocycles. The lowest BCUT2D eigenvalue weighted by Crippen LogP contribution is -2.41. The lowest BCUT2D eigenvalue weighted by atomic mass is 9.94. The Morgan fingerprint density at radius 3 is 2.50 bits per heavy atom. The van der Waals surface area contributed by atoms with E-state index in [4.69, 9.17) is 17.3 Å². The molecule has 0 aromatic heterocycles. The number of benzene rings is 1. The first-order valence-electron chi connectivity index (χ1n) is 5.87. The molecule has 2 rings (SSSR count). The van der Waals surface area contributed by atoms with Gasteiger partial charge in [0.15, 0.2) is 0 Å². The number of nitrogens with zero attached hydrogens (tertiary/aromatic N) is 1. The number of rotatable bonds is 3. The highest BCUT2D eigenvalue weighted by molar-refractivity contribution is 7.89. The number of nitrogen functional groups attached to an aromatic ring is 1. The summed E-state index contributed by atoms with van der Waals surface area (Å²) in [6.45, 7) is 1.70. The van der Waals surface area contributed by atoms with Gasteiger partial charge in [0, 0.05) is 23.8 Å². The van der Waals surface area contributed by atoms with Gasteiger partial charge in [0.25, 0.3) is 0 Å². The molecule has 1 aromatic rings. The van der Waals surface area contributed by atoms with E-state index in [1.54, 1.807) is 20.0 Å². The fourth-order valence-corrected chi connectivity index (χ4v) is 4.03. The van der Waals surface area contributed by atoms with E-state index in [-0.39, 0.29) is 10.9 Å². The average molecular weight is 289 g/mol. The van der Waals surface area contributed by atoms with Crippen molar-refractivity contribution >= 4 is 27.3 Å². The standard InChI is InChI=1S/C12H17ClN2O2S/c1-8-11(14)6-9(13)7-12(8)18(16,17)15(2)10-4-3-5-10/h6-7,10H,3-5,14H2,1-2H3. The van der Waals surface area contributed by atoms with Gasteiger partial charge in [-0.25, -0.2) is 8.42 Å². The van der Waals surface area contributed by atoms with Crippen molar-refractivity contribution in [2.45, 2.75) is 37.1 Å². The number of hydrogen-bond donors (Lipinski definition) is 1. The van der Waals surface area contributed by atoms with Gasteiger partial charge in [-0.05, 0) is 37.5 Å². The molecule has 18 heavy (non-hydrogen) atoms.